The predicted octanol–water partition coefficient (Wildman–Crippen LogP) is 2.96. The molecular weight excluding hydrogens is 308 g/mol. The van der Waals surface area contributed by atoms with Crippen molar-refractivity contribution in [2.24, 2.45) is 0 Å². The number of benzene rings is 2. The van der Waals surface area contributed by atoms with Gasteiger partial charge in [0.2, 0.25) is 5.78 Å². The second-order valence-electron chi connectivity index (χ2n) is 5.77. The minimum Gasteiger partial charge on any atom is -0.387 e. The summed E-state index contributed by atoms with van der Waals surface area (Å²) in [7, 11) is 0. The van der Waals surface area contributed by atoms with Crippen LogP contribution < -0.4 is 0 Å². The molecule has 0 aliphatic heterocycles. The van der Waals surface area contributed by atoms with Crippen molar-refractivity contribution in [2.75, 3.05) is 0 Å². The van der Waals surface area contributed by atoms with Gasteiger partial charge in [0.15, 0.2) is 5.16 Å². The van der Waals surface area contributed by atoms with Gasteiger partial charge in [-0.3, -0.25) is 4.40 Å². The van der Waals surface area contributed by atoms with Gasteiger partial charge in [0.25, 0.3) is 0 Å². The highest BCUT2D eigenvalue weighted by molar-refractivity contribution is 7.99. The van der Waals surface area contributed by atoms with Crippen LogP contribution in [0.4, 0.5) is 0 Å². The van der Waals surface area contributed by atoms with Crippen LogP contribution in [-0.4, -0.2) is 29.9 Å². The van der Waals surface area contributed by atoms with Gasteiger partial charge in [-0.1, -0.05) is 48.2 Å². The Labute approximate surface area is 136 Å². The number of thioether (sulfide) groups is 1. The monoisotopic (exact) mass is 322 g/mol. The second-order valence-corrected chi connectivity index (χ2v) is 6.98. The number of hydrogen-bond acceptors (Lipinski definition) is 4. The van der Waals surface area contributed by atoms with Crippen LogP contribution in [-0.2, 0) is 6.42 Å². The maximum Gasteiger partial charge on any atom is 0.231 e. The Morgan fingerprint density at radius 3 is 2.87 bits per heavy atom. The summed E-state index contributed by atoms with van der Waals surface area (Å²) in [5, 5.41) is 18.9. The van der Waals surface area contributed by atoms with Gasteiger partial charge >= 0.3 is 0 Å². The molecule has 114 valence electrons. The summed E-state index contributed by atoms with van der Waals surface area (Å²) in [5.41, 5.74) is 4.23. The zero-order valence-electron chi connectivity index (χ0n) is 12.2. The van der Waals surface area contributed by atoms with Gasteiger partial charge in [0.1, 0.15) is 0 Å². The van der Waals surface area contributed by atoms with Gasteiger partial charge in [-0.25, -0.2) is 10.1 Å². The van der Waals surface area contributed by atoms with E-state index in [0.717, 1.165) is 34.0 Å². The first kappa shape index (κ1) is 13.2. The summed E-state index contributed by atoms with van der Waals surface area (Å²) >= 11 is 1.60. The molecule has 0 fully saturated rings. The average Bonchev–Trinajstić information content (AvgIpc) is 3.22. The highest BCUT2D eigenvalue weighted by Crippen LogP contribution is 2.41. The first-order valence-corrected chi connectivity index (χ1v) is 8.43. The third kappa shape index (κ3) is 1.92. The number of fused-ring (bicyclic) bond motifs is 4. The molecule has 1 aliphatic rings. The number of aliphatic hydroxyl groups is 1. The van der Waals surface area contributed by atoms with Crippen LogP contribution in [0.25, 0.3) is 16.8 Å². The first-order valence-electron chi connectivity index (χ1n) is 7.55. The number of H-pyrrole nitrogens is 1. The Morgan fingerprint density at radius 1 is 1.13 bits per heavy atom. The first-order chi connectivity index (χ1) is 11.3. The van der Waals surface area contributed by atoms with E-state index in [-0.39, 0.29) is 5.25 Å². The summed E-state index contributed by atoms with van der Waals surface area (Å²) in [4.78, 5) is 4.54. The van der Waals surface area contributed by atoms with Gasteiger partial charge in [0, 0.05) is 5.25 Å². The fourth-order valence-corrected chi connectivity index (χ4v) is 4.50. The normalized spacial score (nSPS) is 20.4. The van der Waals surface area contributed by atoms with E-state index in [2.05, 4.69) is 21.2 Å². The molecule has 2 aromatic carbocycles. The number of para-hydroxylation sites is 2. The lowest BCUT2D eigenvalue weighted by Crippen LogP contribution is -2.10. The quantitative estimate of drug-likeness (QED) is 0.595. The number of aromatic amines is 1. The third-order valence-electron chi connectivity index (χ3n) is 4.41. The maximum absolute atomic E-state index is 10.6. The van der Waals surface area contributed by atoms with Crippen LogP contribution in [0.1, 0.15) is 17.2 Å². The largest absolute Gasteiger partial charge is 0.387 e. The lowest BCUT2D eigenvalue weighted by atomic mass is 10.1. The van der Waals surface area contributed by atoms with Crippen molar-refractivity contribution in [1.29, 1.82) is 0 Å². The Bertz CT molecular complexity index is 1020. The summed E-state index contributed by atoms with van der Waals surface area (Å²) in [6.45, 7) is 0. The number of nitrogens with one attached hydrogen (secondary N) is 1. The Hall–Kier alpha value is -2.31. The molecule has 2 unspecified atom stereocenters. The van der Waals surface area contributed by atoms with Crippen LogP contribution in [0.15, 0.2) is 53.7 Å². The van der Waals surface area contributed by atoms with Crippen molar-refractivity contribution in [3.05, 3.63) is 59.7 Å². The standard InChI is InChI=1S/C17H14N4OS/c22-15-11-6-2-1-5-10(11)9-14(15)23-17-20-19-16-18-12-7-3-4-8-13(12)21(16)17/h1-8,14-15,22H,9H2,(H,18,19). The van der Waals surface area contributed by atoms with Crippen LogP contribution in [0.5, 0.6) is 0 Å². The minimum absolute atomic E-state index is 0.0695. The molecule has 0 saturated carbocycles. The van der Waals surface area contributed by atoms with E-state index in [4.69, 9.17) is 0 Å². The number of imidazole rings is 1. The lowest BCUT2D eigenvalue weighted by molar-refractivity contribution is 0.185. The molecule has 0 bridgehead atoms. The van der Waals surface area contributed by atoms with Crippen molar-refractivity contribution in [2.45, 2.75) is 22.9 Å². The van der Waals surface area contributed by atoms with Crippen molar-refractivity contribution in [3.63, 3.8) is 0 Å². The highest BCUT2D eigenvalue weighted by Gasteiger charge is 2.32. The fourth-order valence-electron chi connectivity index (χ4n) is 3.30. The van der Waals surface area contributed by atoms with Gasteiger partial charge in [0.05, 0.1) is 17.1 Å². The molecule has 5 nitrogen and oxygen atoms in total. The molecule has 23 heavy (non-hydrogen) atoms. The number of nitrogens with zero attached hydrogens (tertiary/aromatic N) is 3. The smallest absolute Gasteiger partial charge is 0.231 e. The van der Waals surface area contributed by atoms with Crippen molar-refractivity contribution >= 4 is 28.6 Å². The Morgan fingerprint density at radius 2 is 1.96 bits per heavy atom. The fraction of sp³-hybridized carbons (Fsp3) is 0.176. The molecule has 2 heterocycles. The van der Waals surface area contributed by atoms with E-state index in [0.29, 0.717) is 0 Å². The van der Waals surface area contributed by atoms with E-state index in [1.165, 1.54) is 5.56 Å². The van der Waals surface area contributed by atoms with E-state index in [1.807, 2.05) is 46.9 Å². The second kappa shape index (κ2) is 4.84. The Balaban J connectivity index is 1.55. The topological polar surface area (TPSA) is 66.2 Å². The van der Waals surface area contributed by atoms with Crippen LogP contribution >= 0.6 is 11.8 Å². The minimum atomic E-state index is -0.460. The van der Waals surface area contributed by atoms with Crippen LogP contribution in [0.2, 0.25) is 0 Å². The molecule has 0 amide bonds. The summed E-state index contributed by atoms with van der Waals surface area (Å²) < 4.78 is 2.02. The molecule has 0 radical (unpaired) electrons. The molecule has 6 heteroatoms. The summed E-state index contributed by atoms with van der Waals surface area (Å²) in [6, 6.07) is 16.1. The summed E-state index contributed by atoms with van der Waals surface area (Å²) in [5.74, 6) is 0.735. The van der Waals surface area contributed by atoms with E-state index in [9.17, 15) is 5.11 Å². The maximum atomic E-state index is 10.6. The SMILES string of the molecule is OC1c2ccccc2CC1Sc1n[nH]c2nc3ccccc3n12. The molecule has 1 aliphatic carbocycles. The lowest BCUT2D eigenvalue weighted by Gasteiger charge is -2.13. The number of rotatable bonds is 2. The molecule has 4 aromatic rings. The van der Waals surface area contributed by atoms with Gasteiger partial charge in [-0.15, -0.1) is 5.10 Å². The molecule has 2 aromatic heterocycles. The zero-order valence-corrected chi connectivity index (χ0v) is 13.0. The summed E-state index contributed by atoms with van der Waals surface area (Å²) in [6.07, 6.45) is 0.390. The number of hydrogen-bond donors (Lipinski definition) is 2. The third-order valence-corrected chi connectivity index (χ3v) is 5.62. The molecule has 2 atom stereocenters. The van der Waals surface area contributed by atoms with Crippen molar-refractivity contribution in [1.82, 2.24) is 19.6 Å². The Kier molecular flexibility index (Phi) is 2.77. The molecule has 0 spiro atoms. The van der Waals surface area contributed by atoms with Gasteiger partial charge < -0.3 is 5.11 Å². The molecule has 2 N–H and O–H groups in total. The number of aliphatic hydroxyl groups excluding tert-OH is 1. The van der Waals surface area contributed by atoms with Gasteiger partial charge in [-0.2, -0.15) is 0 Å². The molecule has 5 rings (SSSR count). The number of aromatic nitrogens is 4. The predicted molar refractivity (Wildman–Crippen MR) is 89.6 cm³/mol. The van der Waals surface area contributed by atoms with Crippen LogP contribution in [0.3, 0.4) is 0 Å². The van der Waals surface area contributed by atoms with E-state index < -0.39 is 6.10 Å². The van der Waals surface area contributed by atoms with Crippen molar-refractivity contribution < 1.29 is 5.11 Å². The molecule has 0 saturated heterocycles. The van der Waals surface area contributed by atoms with Crippen LogP contribution in [0, 0.1) is 0 Å². The average molecular weight is 322 g/mol. The van der Waals surface area contributed by atoms with Crippen molar-refractivity contribution in [3.8, 4) is 0 Å². The van der Waals surface area contributed by atoms with Gasteiger partial charge in [-0.05, 0) is 29.7 Å². The zero-order chi connectivity index (χ0) is 15.4. The highest BCUT2D eigenvalue weighted by atomic mass is 32.2. The molecular formula is C17H14N4OS. The van der Waals surface area contributed by atoms with E-state index >= 15 is 0 Å². The van der Waals surface area contributed by atoms with E-state index in [1.54, 1.807) is 11.8 Å².